The number of ether oxygens (including phenoxy) is 2. The molecule has 11 nitrogen and oxygen atoms in total. The monoisotopic (exact) mass is 730 g/mol. The van der Waals surface area contributed by atoms with Crippen molar-refractivity contribution in [3.8, 4) is 5.75 Å². The maximum Gasteiger partial charge on any atom is 0.301 e. The second-order valence-corrected chi connectivity index (χ2v) is 17.1. The molecule has 0 aromatic heterocycles. The zero-order valence-electron chi connectivity index (χ0n) is 29.5. The molecule has 2 aliphatic heterocycles. The lowest BCUT2D eigenvalue weighted by Gasteiger charge is -2.48. The van der Waals surface area contributed by atoms with Gasteiger partial charge in [-0.15, -0.1) is 0 Å². The molecule has 1 saturated heterocycles. The number of benzene rings is 2. The summed E-state index contributed by atoms with van der Waals surface area (Å²) in [7, 11) is 0.113. The number of nitrogens with one attached hydrogen (secondary N) is 2. The van der Waals surface area contributed by atoms with E-state index >= 15 is 0 Å². The van der Waals surface area contributed by atoms with Crippen molar-refractivity contribution in [2.24, 2.45) is 17.8 Å². The second-order valence-electron chi connectivity index (χ2n) is 15.1. The summed E-state index contributed by atoms with van der Waals surface area (Å²) in [5.74, 6) is -0.0168. The summed E-state index contributed by atoms with van der Waals surface area (Å²) in [6, 6.07) is 11.1. The van der Waals surface area contributed by atoms with Gasteiger partial charge in [0.15, 0.2) is 5.60 Å². The molecule has 4 aliphatic rings. The fourth-order valence-corrected chi connectivity index (χ4v) is 9.38. The number of amides is 2. The molecule has 6 atom stereocenters. The number of rotatable bonds is 6. The van der Waals surface area contributed by atoms with Gasteiger partial charge in [0.2, 0.25) is 5.91 Å². The van der Waals surface area contributed by atoms with Crippen LogP contribution in [0.25, 0.3) is 0 Å². The molecule has 0 unspecified atom stereocenters. The van der Waals surface area contributed by atoms with Gasteiger partial charge in [0, 0.05) is 50.8 Å². The summed E-state index contributed by atoms with van der Waals surface area (Å²) in [5.41, 5.74) is 0.502. The summed E-state index contributed by atoms with van der Waals surface area (Å²) in [6.45, 7) is 4.74. The topological polar surface area (TPSA) is 138 Å². The van der Waals surface area contributed by atoms with Gasteiger partial charge < -0.3 is 24.4 Å². The number of aryl methyl sites for hydroxylation is 1. The van der Waals surface area contributed by atoms with Crippen LogP contribution in [0.1, 0.15) is 75.0 Å². The van der Waals surface area contributed by atoms with Gasteiger partial charge >= 0.3 is 10.2 Å². The highest BCUT2D eigenvalue weighted by Crippen LogP contribution is 2.47. The van der Waals surface area contributed by atoms with E-state index in [4.69, 9.17) is 21.1 Å². The molecule has 2 aromatic carbocycles. The largest absolute Gasteiger partial charge is 0.495 e. The third-order valence-electron chi connectivity index (χ3n) is 11.8. The number of anilines is 1. The van der Waals surface area contributed by atoms with E-state index in [-0.39, 0.29) is 17.1 Å². The van der Waals surface area contributed by atoms with Crippen LogP contribution in [0.5, 0.6) is 5.75 Å². The normalized spacial score (nSPS) is 30.5. The summed E-state index contributed by atoms with van der Waals surface area (Å²) in [6.07, 6.45) is 7.20. The molecule has 2 fully saturated rings. The van der Waals surface area contributed by atoms with Crippen molar-refractivity contribution in [2.75, 3.05) is 52.3 Å². The van der Waals surface area contributed by atoms with Crippen molar-refractivity contribution in [1.82, 2.24) is 14.3 Å². The molecule has 3 N–H and O–H groups in total. The van der Waals surface area contributed by atoms with Gasteiger partial charge in [-0.05, 0) is 110 Å². The smallest absolute Gasteiger partial charge is 0.301 e. The Morgan fingerprint density at radius 3 is 2.68 bits per heavy atom. The first kappa shape index (κ1) is 36.9. The molecule has 2 amide bonds. The highest BCUT2D eigenvalue weighted by Gasteiger charge is 2.46. The average Bonchev–Trinajstić information content (AvgIpc) is 3.07. The van der Waals surface area contributed by atoms with Crippen molar-refractivity contribution in [1.29, 1.82) is 0 Å². The molecule has 2 aromatic rings. The molecule has 1 saturated carbocycles. The van der Waals surface area contributed by atoms with Crippen molar-refractivity contribution < 1.29 is 32.6 Å². The Morgan fingerprint density at radius 2 is 1.96 bits per heavy atom. The van der Waals surface area contributed by atoms with Crippen molar-refractivity contribution in [2.45, 2.75) is 81.8 Å². The zero-order chi connectivity index (χ0) is 35.8. The number of fused-ring (bicyclic) bond motifs is 7. The van der Waals surface area contributed by atoms with Crippen LogP contribution in [0.15, 0.2) is 36.4 Å². The molecule has 4 bridgehead atoms. The van der Waals surface area contributed by atoms with E-state index in [2.05, 4.69) is 28.7 Å². The Labute approximate surface area is 301 Å². The van der Waals surface area contributed by atoms with Crippen LogP contribution in [-0.4, -0.2) is 83.8 Å². The van der Waals surface area contributed by atoms with Crippen molar-refractivity contribution >= 4 is 39.3 Å². The molecular weight excluding hydrogens is 680 g/mol. The van der Waals surface area contributed by atoms with E-state index < -0.39 is 34.0 Å². The summed E-state index contributed by atoms with van der Waals surface area (Å²) < 4.78 is 41.3. The molecule has 50 heavy (non-hydrogen) atoms. The lowest BCUT2D eigenvalue weighted by molar-refractivity contribution is -0.148. The minimum Gasteiger partial charge on any atom is -0.495 e. The van der Waals surface area contributed by atoms with E-state index in [1.807, 2.05) is 10.8 Å². The average molecular weight is 731 g/mol. The number of nitrogens with zero attached hydrogens (tertiary/aromatic N) is 2. The molecule has 0 spiro atoms. The van der Waals surface area contributed by atoms with E-state index in [1.54, 1.807) is 26.3 Å². The van der Waals surface area contributed by atoms with Crippen LogP contribution < -0.4 is 19.1 Å². The van der Waals surface area contributed by atoms with E-state index in [0.29, 0.717) is 60.5 Å². The first-order valence-corrected chi connectivity index (χ1v) is 19.7. The maximum absolute atomic E-state index is 13.8. The predicted molar refractivity (Wildman–Crippen MR) is 193 cm³/mol. The third kappa shape index (κ3) is 7.51. The molecule has 274 valence electrons. The standard InChI is InChI=1S/C37H51ClN4O7S/c1-36(15-5-6-25-19-28(38)9-11-30(25)36)23-42-22-26-7-10-29(26)33-18-24(14-17-49-33)13-16-41(3)34(43)21-37(45,35(44)40-50(46,47)39-2)27-8-12-32(48-4)31(42)20-27/h8-9,11-12,19-20,24,26,29,33,39,45H,5-7,10,13-18,21-23H2,1-4H3,(H,40,44)/t24-,26-,29+,33-,36-,37+/m0/s1. The van der Waals surface area contributed by atoms with Gasteiger partial charge in [0.25, 0.3) is 5.91 Å². The molecular formula is C37H51ClN4O7S. The van der Waals surface area contributed by atoms with Crippen LogP contribution in [-0.2, 0) is 42.0 Å². The highest BCUT2D eigenvalue weighted by atomic mass is 35.5. The minimum absolute atomic E-state index is 0.0993. The second kappa shape index (κ2) is 14.6. The van der Waals surface area contributed by atoms with Crippen LogP contribution in [0.4, 0.5) is 5.69 Å². The Kier molecular flexibility index (Phi) is 10.8. The summed E-state index contributed by atoms with van der Waals surface area (Å²) >= 11 is 6.44. The first-order chi connectivity index (χ1) is 23.7. The van der Waals surface area contributed by atoms with Gasteiger partial charge in [-0.25, -0.2) is 9.44 Å². The number of carbonyl (C=O) groups is 2. The van der Waals surface area contributed by atoms with E-state index in [1.165, 1.54) is 22.1 Å². The number of methoxy groups -OCH3 is 1. The minimum atomic E-state index is -4.29. The van der Waals surface area contributed by atoms with Gasteiger partial charge in [0.05, 0.1) is 25.3 Å². The number of hydrogen-bond donors (Lipinski definition) is 3. The number of hydrogen-bond acceptors (Lipinski definition) is 8. The SMILES string of the molecule is CNS(=O)(=O)NC(=O)[C@@]1(O)CC(=O)N(C)CC[C@H]2CCO[C@@H](C2)[C@@H]2CC[C@H]2CN(C[C@]2(C)CCCc3cc(Cl)ccc32)c2cc1ccc2OC. The quantitative estimate of drug-likeness (QED) is 0.401. The summed E-state index contributed by atoms with van der Waals surface area (Å²) in [4.78, 5) is 31.3. The Bertz CT molecular complexity index is 1710. The van der Waals surface area contributed by atoms with Crippen LogP contribution in [0.3, 0.4) is 0 Å². The van der Waals surface area contributed by atoms with Crippen molar-refractivity contribution in [3.63, 3.8) is 0 Å². The highest BCUT2D eigenvalue weighted by molar-refractivity contribution is 7.88. The van der Waals surface area contributed by atoms with Gasteiger partial charge in [0.1, 0.15) is 5.75 Å². The Balaban J connectivity index is 1.48. The lowest BCUT2D eigenvalue weighted by Crippen LogP contribution is -2.52. The molecule has 0 radical (unpaired) electrons. The molecule has 6 rings (SSSR count). The van der Waals surface area contributed by atoms with E-state index in [0.717, 1.165) is 58.4 Å². The predicted octanol–water partition coefficient (Wildman–Crippen LogP) is 4.29. The maximum atomic E-state index is 13.8. The molecule has 2 aliphatic carbocycles. The fourth-order valence-electron chi connectivity index (χ4n) is 8.67. The Hall–Kier alpha value is -2.90. The van der Waals surface area contributed by atoms with Crippen LogP contribution in [0.2, 0.25) is 5.02 Å². The van der Waals surface area contributed by atoms with Gasteiger partial charge in [-0.1, -0.05) is 30.7 Å². The van der Waals surface area contributed by atoms with Gasteiger partial charge in [-0.2, -0.15) is 8.42 Å². The zero-order valence-corrected chi connectivity index (χ0v) is 31.1. The number of carbonyl (C=O) groups excluding carboxylic acids is 2. The fraction of sp³-hybridized carbons (Fsp3) is 0.622. The Morgan fingerprint density at radius 1 is 1.16 bits per heavy atom. The van der Waals surface area contributed by atoms with Gasteiger partial charge in [-0.3, -0.25) is 9.59 Å². The number of aliphatic hydroxyl groups is 1. The third-order valence-corrected chi connectivity index (χ3v) is 13.1. The van der Waals surface area contributed by atoms with Crippen LogP contribution >= 0.6 is 11.6 Å². The molecule has 2 heterocycles. The number of halogens is 1. The van der Waals surface area contributed by atoms with Crippen LogP contribution in [0, 0.1) is 17.8 Å². The molecule has 13 heteroatoms. The first-order valence-electron chi connectivity index (χ1n) is 17.8. The summed E-state index contributed by atoms with van der Waals surface area (Å²) in [5, 5.41) is 13.0. The van der Waals surface area contributed by atoms with Crippen molar-refractivity contribution in [3.05, 3.63) is 58.1 Å². The van der Waals surface area contributed by atoms with E-state index in [9.17, 15) is 23.1 Å². The lowest BCUT2D eigenvalue weighted by atomic mass is 9.67.